The molecule has 0 amide bonds. The summed E-state index contributed by atoms with van der Waals surface area (Å²) in [4.78, 5) is 5.76. The van der Waals surface area contributed by atoms with E-state index in [9.17, 15) is 0 Å². The van der Waals surface area contributed by atoms with Crippen molar-refractivity contribution in [2.45, 2.75) is 25.8 Å². The zero-order chi connectivity index (χ0) is 14.7. The van der Waals surface area contributed by atoms with Gasteiger partial charge in [0, 0.05) is 34.7 Å². The minimum absolute atomic E-state index is 0.401. The predicted octanol–water partition coefficient (Wildman–Crippen LogP) is 3.92. The maximum atomic E-state index is 4.69. The van der Waals surface area contributed by atoms with Crippen molar-refractivity contribution in [3.05, 3.63) is 57.8 Å². The second-order valence-corrected chi connectivity index (χ2v) is 6.81. The summed E-state index contributed by atoms with van der Waals surface area (Å²) in [6, 6.07) is 8.83. The molecule has 0 aliphatic heterocycles. The molecule has 1 atom stereocenters. The number of imidazole rings is 1. The Kier molecular flexibility index (Phi) is 4.73. The molecule has 3 aromatic rings. The summed E-state index contributed by atoms with van der Waals surface area (Å²) >= 11 is 5.32. The zero-order valence-corrected chi connectivity index (χ0v) is 14.3. The van der Waals surface area contributed by atoms with Crippen molar-refractivity contribution >= 4 is 32.2 Å². The van der Waals surface area contributed by atoms with E-state index in [1.165, 1.54) is 10.0 Å². The number of nitrogens with one attached hydrogen (secondary N) is 1. The molecule has 0 saturated heterocycles. The fourth-order valence-electron chi connectivity index (χ4n) is 2.56. The molecular formula is C16H18BrN3S. The van der Waals surface area contributed by atoms with Crippen LogP contribution in [0.4, 0.5) is 0 Å². The number of aromatic nitrogens is 2. The highest BCUT2D eigenvalue weighted by molar-refractivity contribution is 9.10. The van der Waals surface area contributed by atoms with Gasteiger partial charge in [-0.1, -0.05) is 41.1 Å². The normalized spacial score (nSPS) is 12.9. The van der Waals surface area contributed by atoms with Gasteiger partial charge in [0.2, 0.25) is 0 Å². The van der Waals surface area contributed by atoms with Crippen LogP contribution in [-0.4, -0.2) is 22.0 Å². The third-order valence-corrected chi connectivity index (χ3v) is 5.06. The van der Waals surface area contributed by atoms with Gasteiger partial charge >= 0.3 is 0 Å². The highest BCUT2D eigenvalue weighted by Crippen LogP contribution is 2.19. The van der Waals surface area contributed by atoms with Crippen molar-refractivity contribution in [2.24, 2.45) is 0 Å². The minimum Gasteiger partial charge on any atom is -0.314 e. The second kappa shape index (κ2) is 6.73. The molecule has 1 N–H and O–H groups in total. The molecule has 1 aromatic carbocycles. The van der Waals surface area contributed by atoms with E-state index in [-0.39, 0.29) is 0 Å². The lowest BCUT2D eigenvalue weighted by molar-refractivity contribution is 0.517. The van der Waals surface area contributed by atoms with Gasteiger partial charge in [0.1, 0.15) is 0 Å². The first-order chi connectivity index (χ1) is 10.3. The van der Waals surface area contributed by atoms with Crippen molar-refractivity contribution in [1.29, 1.82) is 0 Å². The van der Waals surface area contributed by atoms with Crippen LogP contribution in [0.3, 0.4) is 0 Å². The lowest BCUT2D eigenvalue weighted by atomic mass is 10.0. The van der Waals surface area contributed by atoms with Gasteiger partial charge in [-0.25, -0.2) is 4.98 Å². The fraction of sp³-hybridized carbons (Fsp3) is 0.312. The van der Waals surface area contributed by atoms with Crippen molar-refractivity contribution in [3.63, 3.8) is 0 Å². The average Bonchev–Trinajstić information content (AvgIpc) is 3.02. The fourth-order valence-corrected chi connectivity index (χ4v) is 3.73. The molecule has 2 aromatic heterocycles. The first-order valence-corrected chi connectivity index (χ1v) is 8.81. The molecular weight excluding hydrogens is 346 g/mol. The van der Waals surface area contributed by atoms with E-state index < -0.39 is 0 Å². The Balaban J connectivity index is 1.75. The maximum Gasteiger partial charge on any atom is 0.193 e. The van der Waals surface area contributed by atoms with Crippen LogP contribution in [0, 0.1) is 0 Å². The molecule has 0 spiro atoms. The van der Waals surface area contributed by atoms with Gasteiger partial charge in [0.15, 0.2) is 4.96 Å². The molecule has 21 heavy (non-hydrogen) atoms. The maximum absolute atomic E-state index is 4.69. The summed E-state index contributed by atoms with van der Waals surface area (Å²) in [5.41, 5.74) is 2.49. The Morgan fingerprint density at radius 1 is 1.33 bits per heavy atom. The number of fused-ring (bicyclic) bond motifs is 1. The van der Waals surface area contributed by atoms with Crippen LogP contribution < -0.4 is 5.32 Å². The van der Waals surface area contributed by atoms with E-state index in [0.717, 1.165) is 30.0 Å². The molecule has 110 valence electrons. The highest BCUT2D eigenvalue weighted by atomic mass is 79.9. The van der Waals surface area contributed by atoms with Gasteiger partial charge < -0.3 is 5.32 Å². The lowest BCUT2D eigenvalue weighted by Crippen LogP contribution is -2.33. The summed E-state index contributed by atoms with van der Waals surface area (Å²) in [5.74, 6) is 0. The van der Waals surface area contributed by atoms with Gasteiger partial charge in [-0.2, -0.15) is 0 Å². The number of hydrogen-bond donors (Lipinski definition) is 1. The molecule has 2 heterocycles. The smallest absolute Gasteiger partial charge is 0.193 e. The Bertz CT molecular complexity index is 690. The van der Waals surface area contributed by atoms with Gasteiger partial charge in [0.05, 0.1) is 5.69 Å². The molecule has 1 unspecified atom stereocenters. The van der Waals surface area contributed by atoms with Crippen molar-refractivity contribution in [3.8, 4) is 0 Å². The molecule has 0 fully saturated rings. The monoisotopic (exact) mass is 363 g/mol. The SMILES string of the molecule is CCNC(Cc1cn2ccsc2n1)Cc1ccccc1Br. The van der Waals surface area contributed by atoms with Crippen LogP contribution in [0.25, 0.3) is 4.96 Å². The molecule has 0 aliphatic rings. The molecule has 5 heteroatoms. The van der Waals surface area contributed by atoms with Crippen LogP contribution in [0.2, 0.25) is 0 Å². The van der Waals surface area contributed by atoms with Crippen LogP contribution in [0.15, 0.2) is 46.5 Å². The van der Waals surface area contributed by atoms with Gasteiger partial charge in [-0.05, 0) is 24.6 Å². The molecule has 0 aliphatic carbocycles. The minimum atomic E-state index is 0.401. The van der Waals surface area contributed by atoms with Crippen molar-refractivity contribution < 1.29 is 0 Å². The average molecular weight is 364 g/mol. The Morgan fingerprint density at radius 3 is 2.95 bits per heavy atom. The Morgan fingerprint density at radius 2 is 2.19 bits per heavy atom. The van der Waals surface area contributed by atoms with Gasteiger partial charge in [0.25, 0.3) is 0 Å². The van der Waals surface area contributed by atoms with E-state index in [1.807, 2.05) is 0 Å². The Labute approximate surface area is 137 Å². The van der Waals surface area contributed by atoms with Gasteiger partial charge in [-0.3, -0.25) is 4.40 Å². The van der Waals surface area contributed by atoms with E-state index in [4.69, 9.17) is 0 Å². The number of likely N-dealkylation sites (N-methyl/N-ethyl adjacent to an activating group) is 1. The zero-order valence-electron chi connectivity index (χ0n) is 11.9. The number of nitrogens with zero attached hydrogens (tertiary/aromatic N) is 2. The standard InChI is InChI=1S/C16H18BrN3S/c1-2-18-13(9-12-5-3-4-6-15(12)17)10-14-11-20-7-8-21-16(20)19-14/h3-8,11,13,18H,2,9-10H2,1H3. The predicted molar refractivity (Wildman–Crippen MR) is 92.1 cm³/mol. The second-order valence-electron chi connectivity index (χ2n) is 5.08. The Hall–Kier alpha value is -1.17. The summed E-state index contributed by atoms with van der Waals surface area (Å²) in [6.07, 6.45) is 6.15. The number of hydrogen-bond acceptors (Lipinski definition) is 3. The first-order valence-electron chi connectivity index (χ1n) is 7.14. The topological polar surface area (TPSA) is 29.3 Å². The third-order valence-electron chi connectivity index (χ3n) is 3.52. The highest BCUT2D eigenvalue weighted by Gasteiger charge is 2.13. The van der Waals surface area contributed by atoms with Crippen molar-refractivity contribution in [1.82, 2.24) is 14.7 Å². The lowest BCUT2D eigenvalue weighted by Gasteiger charge is -2.17. The van der Waals surface area contributed by atoms with E-state index in [1.54, 1.807) is 11.3 Å². The molecule has 3 nitrogen and oxygen atoms in total. The van der Waals surface area contributed by atoms with Crippen LogP contribution in [0.1, 0.15) is 18.2 Å². The van der Waals surface area contributed by atoms with Crippen molar-refractivity contribution in [2.75, 3.05) is 6.54 Å². The molecule has 0 radical (unpaired) electrons. The summed E-state index contributed by atoms with van der Waals surface area (Å²) in [6.45, 7) is 3.12. The number of halogens is 1. The number of benzene rings is 1. The summed E-state index contributed by atoms with van der Waals surface area (Å²) in [7, 11) is 0. The van der Waals surface area contributed by atoms with E-state index in [0.29, 0.717) is 6.04 Å². The first kappa shape index (κ1) is 14.8. The van der Waals surface area contributed by atoms with Crippen LogP contribution >= 0.6 is 27.3 Å². The summed E-state index contributed by atoms with van der Waals surface area (Å²) < 4.78 is 3.28. The molecule has 0 bridgehead atoms. The number of thiazole rings is 1. The summed E-state index contributed by atoms with van der Waals surface area (Å²) in [5, 5.41) is 5.64. The van der Waals surface area contributed by atoms with E-state index in [2.05, 4.69) is 79.6 Å². The van der Waals surface area contributed by atoms with Gasteiger partial charge in [-0.15, -0.1) is 11.3 Å². The van der Waals surface area contributed by atoms with E-state index >= 15 is 0 Å². The molecule has 3 rings (SSSR count). The largest absolute Gasteiger partial charge is 0.314 e. The van der Waals surface area contributed by atoms with Crippen LogP contribution in [-0.2, 0) is 12.8 Å². The quantitative estimate of drug-likeness (QED) is 0.718. The molecule has 0 saturated carbocycles. The number of rotatable bonds is 6. The third kappa shape index (κ3) is 3.54. The van der Waals surface area contributed by atoms with Crippen LogP contribution in [0.5, 0.6) is 0 Å².